The van der Waals surface area contributed by atoms with Crippen molar-refractivity contribution in [3.63, 3.8) is 0 Å². The van der Waals surface area contributed by atoms with Gasteiger partial charge in [-0.05, 0) is 32.9 Å². The molecule has 0 unspecified atom stereocenters. The standard InChI is InChI=1S/C16H16N2O3S/c1-4-20-16(19)14-10(3)17-9(2)13(14)11-8-22-15(18-11)12-6-5-7-21-12/h5-8,17H,4H2,1-3H3. The maximum absolute atomic E-state index is 12.2. The minimum Gasteiger partial charge on any atom is -0.462 e. The zero-order chi connectivity index (χ0) is 15.7. The molecular weight excluding hydrogens is 300 g/mol. The first-order valence-electron chi connectivity index (χ1n) is 6.97. The molecule has 0 atom stereocenters. The normalized spacial score (nSPS) is 10.9. The van der Waals surface area contributed by atoms with Gasteiger partial charge in [0, 0.05) is 22.3 Å². The van der Waals surface area contributed by atoms with Crippen molar-refractivity contribution in [2.24, 2.45) is 0 Å². The maximum Gasteiger partial charge on any atom is 0.340 e. The first-order valence-corrected chi connectivity index (χ1v) is 7.85. The zero-order valence-electron chi connectivity index (χ0n) is 12.6. The summed E-state index contributed by atoms with van der Waals surface area (Å²) < 4.78 is 10.5. The quantitative estimate of drug-likeness (QED) is 0.733. The second-order valence-corrected chi connectivity index (χ2v) is 5.72. The van der Waals surface area contributed by atoms with E-state index in [2.05, 4.69) is 9.97 Å². The Morgan fingerprint density at radius 2 is 2.23 bits per heavy atom. The lowest BCUT2D eigenvalue weighted by molar-refractivity contribution is 0.0526. The van der Waals surface area contributed by atoms with E-state index in [1.807, 2.05) is 31.4 Å². The molecule has 0 aliphatic carbocycles. The lowest BCUT2D eigenvalue weighted by Gasteiger charge is -2.04. The van der Waals surface area contributed by atoms with Crippen LogP contribution in [-0.2, 0) is 4.74 Å². The number of furan rings is 1. The summed E-state index contributed by atoms with van der Waals surface area (Å²) in [6.07, 6.45) is 1.62. The number of aromatic nitrogens is 2. The lowest BCUT2D eigenvalue weighted by Crippen LogP contribution is -2.06. The highest BCUT2D eigenvalue weighted by Crippen LogP contribution is 2.34. The highest BCUT2D eigenvalue weighted by atomic mass is 32.1. The minimum atomic E-state index is -0.327. The van der Waals surface area contributed by atoms with Gasteiger partial charge >= 0.3 is 5.97 Å². The first kappa shape index (κ1) is 14.6. The van der Waals surface area contributed by atoms with E-state index in [9.17, 15) is 4.79 Å². The molecule has 3 heterocycles. The Balaban J connectivity index is 2.07. The Morgan fingerprint density at radius 1 is 1.41 bits per heavy atom. The summed E-state index contributed by atoms with van der Waals surface area (Å²) in [6.45, 7) is 5.93. The third-order valence-electron chi connectivity index (χ3n) is 3.35. The number of carbonyl (C=O) groups is 1. The minimum absolute atomic E-state index is 0.327. The summed E-state index contributed by atoms with van der Waals surface area (Å²) in [5.74, 6) is 0.394. The molecule has 0 bridgehead atoms. The van der Waals surface area contributed by atoms with Gasteiger partial charge in [0.05, 0.1) is 24.1 Å². The number of H-pyrrole nitrogens is 1. The van der Waals surface area contributed by atoms with E-state index in [4.69, 9.17) is 9.15 Å². The number of carbonyl (C=O) groups excluding carboxylic acids is 1. The van der Waals surface area contributed by atoms with E-state index >= 15 is 0 Å². The van der Waals surface area contributed by atoms with Gasteiger partial charge in [0.15, 0.2) is 10.8 Å². The van der Waals surface area contributed by atoms with Gasteiger partial charge in [-0.1, -0.05) is 0 Å². The third-order valence-corrected chi connectivity index (χ3v) is 4.20. The Kier molecular flexibility index (Phi) is 3.85. The Hall–Kier alpha value is -2.34. The van der Waals surface area contributed by atoms with Gasteiger partial charge in [0.2, 0.25) is 0 Å². The molecule has 0 radical (unpaired) electrons. The van der Waals surface area contributed by atoms with Crippen molar-refractivity contribution in [2.45, 2.75) is 20.8 Å². The zero-order valence-corrected chi connectivity index (χ0v) is 13.4. The van der Waals surface area contributed by atoms with Gasteiger partial charge in [-0.25, -0.2) is 9.78 Å². The number of rotatable bonds is 4. The molecule has 5 nitrogen and oxygen atoms in total. The van der Waals surface area contributed by atoms with E-state index in [1.54, 1.807) is 13.2 Å². The van der Waals surface area contributed by atoms with Crippen molar-refractivity contribution < 1.29 is 13.9 Å². The topological polar surface area (TPSA) is 68.1 Å². The molecule has 0 aromatic carbocycles. The smallest absolute Gasteiger partial charge is 0.340 e. The molecule has 0 aliphatic heterocycles. The number of hydrogen-bond donors (Lipinski definition) is 1. The number of nitrogens with zero attached hydrogens (tertiary/aromatic N) is 1. The van der Waals surface area contributed by atoms with Crippen molar-refractivity contribution >= 4 is 17.3 Å². The predicted molar refractivity (Wildman–Crippen MR) is 85.0 cm³/mol. The number of nitrogens with one attached hydrogen (secondary N) is 1. The van der Waals surface area contributed by atoms with Gasteiger partial charge < -0.3 is 14.1 Å². The van der Waals surface area contributed by atoms with Gasteiger partial charge in [0.1, 0.15) is 0 Å². The molecular formula is C16H16N2O3S. The molecule has 3 aromatic heterocycles. The average molecular weight is 316 g/mol. The van der Waals surface area contributed by atoms with Crippen LogP contribution in [0.15, 0.2) is 28.2 Å². The highest BCUT2D eigenvalue weighted by molar-refractivity contribution is 7.13. The van der Waals surface area contributed by atoms with Crippen LogP contribution >= 0.6 is 11.3 Å². The molecule has 0 spiro atoms. The summed E-state index contributed by atoms with van der Waals surface area (Å²) in [6, 6.07) is 3.69. The maximum atomic E-state index is 12.2. The summed E-state index contributed by atoms with van der Waals surface area (Å²) in [5.41, 5.74) is 3.79. The van der Waals surface area contributed by atoms with E-state index in [1.165, 1.54) is 11.3 Å². The number of aryl methyl sites for hydroxylation is 2. The van der Waals surface area contributed by atoms with Crippen LogP contribution in [-0.4, -0.2) is 22.5 Å². The SMILES string of the molecule is CCOC(=O)c1c(C)[nH]c(C)c1-c1csc(-c2ccco2)n1. The summed E-state index contributed by atoms with van der Waals surface area (Å²) in [7, 11) is 0. The fraction of sp³-hybridized carbons (Fsp3) is 0.250. The number of hydrogen-bond acceptors (Lipinski definition) is 5. The van der Waals surface area contributed by atoms with Crippen molar-refractivity contribution in [1.82, 2.24) is 9.97 Å². The monoisotopic (exact) mass is 316 g/mol. The molecule has 0 amide bonds. The molecule has 3 aromatic rings. The number of esters is 1. The lowest BCUT2D eigenvalue weighted by atomic mass is 10.1. The largest absolute Gasteiger partial charge is 0.462 e. The van der Waals surface area contributed by atoms with Crippen LogP contribution in [0, 0.1) is 13.8 Å². The molecule has 3 rings (SSSR count). The predicted octanol–water partition coefficient (Wildman–Crippen LogP) is 4.19. The molecule has 0 aliphatic rings. The van der Waals surface area contributed by atoms with Crippen LogP contribution in [0.1, 0.15) is 28.7 Å². The van der Waals surface area contributed by atoms with Crippen molar-refractivity contribution in [2.75, 3.05) is 6.61 Å². The van der Waals surface area contributed by atoms with Gasteiger partial charge in [0.25, 0.3) is 0 Å². The van der Waals surface area contributed by atoms with Crippen molar-refractivity contribution in [3.8, 4) is 22.0 Å². The molecule has 114 valence electrons. The summed E-state index contributed by atoms with van der Waals surface area (Å²) >= 11 is 1.48. The average Bonchev–Trinajstić information content (AvgIpc) is 3.17. The molecule has 1 N–H and O–H groups in total. The molecule has 0 fully saturated rings. The summed E-state index contributed by atoms with van der Waals surface area (Å²) in [5, 5.41) is 2.71. The van der Waals surface area contributed by atoms with E-state index in [0.29, 0.717) is 12.2 Å². The van der Waals surface area contributed by atoms with Gasteiger partial charge in [-0.15, -0.1) is 11.3 Å². The second-order valence-electron chi connectivity index (χ2n) is 4.86. The van der Waals surface area contributed by atoms with Crippen LogP contribution < -0.4 is 0 Å². The fourth-order valence-electron chi connectivity index (χ4n) is 2.46. The Labute approximate surface area is 132 Å². The van der Waals surface area contributed by atoms with Gasteiger partial charge in [-0.3, -0.25) is 0 Å². The van der Waals surface area contributed by atoms with E-state index < -0.39 is 0 Å². The van der Waals surface area contributed by atoms with E-state index in [-0.39, 0.29) is 5.97 Å². The van der Waals surface area contributed by atoms with Crippen LogP contribution in [0.4, 0.5) is 0 Å². The highest BCUT2D eigenvalue weighted by Gasteiger charge is 2.23. The van der Waals surface area contributed by atoms with Crippen LogP contribution in [0.5, 0.6) is 0 Å². The number of ether oxygens (including phenoxy) is 1. The second kappa shape index (κ2) is 5.81. The molecule has 0 saturated carbocycles. The molecule has 22 heavy (non-hydrogen) atoms. The van der Waals surface area contributed by atoms with Crippen molar-refractivity contribution in [3.05, 3.63) is 40.7 Å². The van der Waals surface area contributed by atoms with Crippen molar-refractivity contribution in [1.29, 1.82) is 0 Å². The number of thiazole rings is 1. The third kappa shape index (κ3) is 2.46. The fourth-order valence-corrected chi connectivity index (χ4v) is 3.24. The number of aromatic amines is 1. The van der Waals surface area contributed by atoms with Crippen LogP contribution in [0.3, 0.4) is 0 Å². The Bertz CT molecular complexity index is 800. The summed E-state index contributed by atoms with van der Waals surface area (Å²) in [4.78, 5) is 20.0. The van der Waals surface area contributed by atoms with E-state index in [0.717, 1.165) is 33.4 Å². The van der Waals surface area contributed by atoms with Crippen LogP contribution in [0.2, 0.25) is 0 Å². The Morgan fingerprint density at radius 3 is 2.91 bits per heavy atom. The van der Waals surface area contributed by atoms with Crippen LogP contribution in [0.25, 0.3) is 22.0 Å². The van der Waals surface area contributed by atoms with Gasteiger partial charge in [-0.2, -0.15) is 0 Å². The molecule has 0 saturated heterocycles. The molecule has 6 heteroatoms. The first-order chi connectivity index (χ1) is 10.6.